The summed E-state index contributed by atoms with van der Waals surface area (Å²) >= 11 is 3.53. The van der Waals surface area contributed by atoms with Crippen LogP contribution >= 0.6 is 15.9 Å². The van der Waals surface area contributed by atoms with Crippen molar-refractivity contribution in [3.05, 3.63) is 81.6 Å². The maximum absolute atomic E-state index is 13.8. The highest BCUT2D eigenvalue weighted by molar-refractivity contribution is 9.10. The Morgan fingerprint density at radius 2 is 1.85 bits per heavy atom. The van der Waals surface area contributed by atoms with Gasteiger partial charge in [-0.2, -0.15) is 0 Å². The Hall–Kier alpha value is -3.39. The normalized spacial score (nSPS) is 17.4. The average Bonchev–Trinajstić information content (AvgIpc) is 2.82. The fourth-order valence-corrected chi connectivity index (χ4v) is 4.82. The molecule has 0 saturated heterocycles. The van der Waals surface area contributed by atoms with Crippen LogP contribution in [-0.4, -0.2) is 43.0 Å². The zero-order valence-electron chi connectivity index (χ0n) is 18.8. The molecule has 4 rings (SSSR count). The molecule has 1 aliphatic rings. The molecule has 0 fully saturated rings. The molecule has 170 valence electrons. The van der Waals surface area contributed by atoms with E-state index >= 15 is 0 Å². The van der Waals surface area contributed by atoms with Crippen molar-refractivity contribution < 1.29 is 19.1 Å². The maximum Gasteiger partial charge on any atom is 0.254 e. The van der Waals surface area contributed by atoms with Crippen LogP contribution in [0.4, 0.5) is 5.69 Å². The summed E-state index contributed by atoms with van der Waals surface area (Å²) in [5.74, 6) is -0.285. The van der Waals surface area contributed by atoms with Crippen molar-refractivity contribution in [2.24, 2.45) is 0 Å². The van der Waals surface area contributed by atoms with E-state index in [-0.39, 0.29) is 11.8 Å². The number of nitrogens with zero attached hydrogens (tertiary/aromatic N) is 2. The minimum absolute atomic E-state index is 0.208. The number of anilines is 1. The number of benzene rings is 2. The minimum Gasteiger partial charge on any atom is -0.493 e. The molecule has 0 radical (unpaired) electrons. The van der Waals surface area contributed by atoms with Crippen LogP contribution in [0.15, 0.2) is 59.3 Å². The minimum atomic E-state index is -0.708. The number of ether oxygens (including phenoxy) is 2. The molecule has 0 unspecified atom stereocenters. The van der Waals surface area contributed by atoms with Gasteiger partial charge in [-0.15, -0.1) is 0 Å². The lowest BCUT2D eigenvalue weighted by Crippen LogP contribution is -2.44. The Balaban J connectivity index is 1.88. The third-order valence-electron chi connectivity index (χ3n) is 5.87. The SMILES string of the molecule is COc1cc2c(cc1OC)[C@@H](C(=O)Nc1ccc(C)cc1Br)[C@@H](c1cccnc1)N(C)C2=O. The first-order valence-corrected chi connectivity index (χ1v) is 11.1. The second kappa shape index (κ2) is 9.23. The molecule has 0 spiro atoms. The smallest absolute Gasteiger partial charge is 0.254 e. The van der Waals surface area contributed by atoms with Crippen LogP contribution in [0.2, 0.25) is 0 Å². The van der Waals surface area contributed by atoms with E-state index in [0.717, 1.165) is 15.6 Å². The first kappa shape index (κ1) is 22.8. The topological polar surface area (TPSA) is 80.8 Å². The van der Waals surface area contributed by atoms with Gasteiger partial charge in [0.15, 0.2) is 11.5 Å². The number of amides is 2. The van der Waals surface area contributed by atoms with Gasteiger partial charge in [-0.3, -0.25) is 14.6 Å². The van der Waals surface area contributed by atoms with Crippen LogP contribution in [0.3, 0.4) is 0 Å². The number of carbonyl (C=O) groups excluding carboxylic acids is 2. The third-order valence-corrected chi connectivity index (χ3v) is 6.52. The molecule has 2 atom stereocenters. The molecule has 2 aromatic carbocycles. The monoisotopic (exact) mass is 509 g/mol. The summed E-state index contributed by atoms with van der Waals surface area (Å²) in [4.78, 5) is 33.0. The van der Waals surface area contributed by atoms with Gasteiger partial charge >= 0.3 is 0 Å². The number of pyridine rings is 1. The van der Waals surface area contributed by atoms with Crippen LogP contribution in [0, 0.1) is 6.92 Å². The highest BCUT2D eigenvalue weighted by Crippen LogP contribution is 2.46. The first-order chi connectivity index (χ1) is 15.8. The number of hydrogen-bond acceptors (Lipinski definition) is 5. The largest absolute Gasteiger partial charge is 0.493 e. The van der Waals surface area contributed by atoms with Gasteiger partial charge in [0.25, 0.3) is 5.91 Å². The predicted molar refractivity (Wildman–Crippen MR) is 129 cm³/mol. The van der Waals surface area contributed by atoms with Crippen LogP contribution in [0.1, 0.15) is 39.0 Å². The number of fused-ring (bicyclic) bond motifs is 1. The number of carbonyl (C=O) groups is 2. The molecule has 0 saturated carbocycles. The quantitative estimate of drug-likeness (QED) is 0.538. The molecule has 8 heteroatoms. The highest BCUT2D eigenvalue weighted by Gasteiger charge is 2.43. The van der Waals surface area contributed by atoms with Crippen LogP contribution in [-0.2, 0) is 4.79 Å². The summed E-state index contributed by atoms with van der Waals surface area (Å²) in [6.07, 6.45) is 3.34. The summed E-state index contributed by atoms with van der Waals surface area (Å²) in [5.41, 5.74) is 3.45. The Kier molecular flexibility index (Phi) is 6.37. The molecule has 1 N–H and O–H groups in total. The Morgan fingerprint density at radius 1 is 1.12 bits per heavy atom. The number of nitrogens with one attached hydrogen (secondary N) is 1. The molecule has 2 heterocycles. The summed E-state index contributed by atoms with van der Waals surface area (Å²) in [5, 5.41) is 3.03. The lowest BCUT2D eigenvalue weighted by Gasteiger charge is -2.40. The van der Waals surface area contributed by atoms with Crippen molar-refractivity contribution in [3.8, 4) is 11.5 Å². The van der Waals surface area contributed by atoms with Gasteiger partial charge in [0.05, 0.1) is 31.9 Å². The summed E-state index contributed by atoms with van der Waals surface area (Å²) in [7, 11) is 4.73. The molecule has 33 heavy (non-hydrogen) atoms. The lowest BCUT2D eigenvalue weighted by molar-refractivity contribution is -0.119. The molecule has 2 amide bonds. The molecule has 1 aromatic heterocycles. The molecule has 7 nitrogen and oxygen atoms in total. The number of hydrogen-bond donors (Lipinski definition) is 1. The Labute approximate surface area is 200 Å². The maximum atomic E-state index is 13.8. The zero-order chi connectivity index (χ0) is 23.7. The fourth-order valence-electron chi connectivity index (χ4n) is 4.23. The molecule has 0 aliphatic carbocycles. The fraction of sp³-hybridized carbons (Fsp3) is 0.240. The van der Waals surface area contributed by atoms with E-state index in [9.17, 15) is 9.59 Å². The number of aromatic nitrogens is 1. The highest BCUT2D eigenvalue weighted by atomic mass is 79.9. The van der Waals surface area contributed by atoms with Gasteiger partial charge in [0, 0.05) is 29.5 Å². The van der Waals surface area contributed by atoms with E-state index in [2.05, 4.69) is 26.2 Å². The van der Waals surface area contributed by atoms with Crippen molar-refractivity contribution in [1.29, 1.82) is 0 Å². The number of rotatable bonds is 5. The van der Waals surface area contributed by atoms with Gasteiger partial charge < -0.3 is 19.7 Å². The van der Waals surface area contributed by atoms with E-state index in [4.69, 9.17) is 9.47 Å². The number of methoxy groups -OCH3 is 2. The van der Waals surface area contributed by atoms with Crippen molar-refractivity contribution >= 4 is 33.4 Å². The van der Waals surface area contributed by atoms with Crippen LogP contribution < -0.4 is 14.8 Å². The van der Waals surface area contributed by atoms with E-state index in [1.165, 1.54) is 14.2 Å². The Bertz CT molecular complexity index is 1220. The van der Waals surface area contributed by atoms with Gasteiger partial charge in [-0.1, -0.05) is 12.1 Å². The average molecular weight is 510 g/mol. The molecule has 0 bridgehead atoms. The van der Waals surface area contributed by atoms with E-state index in [1.807, 2.05) is 31.2 Å². The number of likely N-dealkylation sites (N-methyl/N-ethyl adjacent to an activating group) is 1. The van der Waals surface area contributed by atoms with E-state index < -0.39 is 12.0 Å². The van der Waals surface area contributed by atoms with Crippen LogP contribution in [0.5, 0.6) is 11.5 Å². The van der Waals surface area contributed by atoms with Crippen LogP contribution in [0.25, 0.3) is 0 Å². The van der Waals surface area contributed by atoms with Gasteiger partial charge in [0.2, 0.25) is 5.91 Å². The van der Waals surface area contributed by atoms with Gasteiger partial charge in [0.1, 0.15) is 0 Å². The van der Waals surface area contributed by atoms with Crippen molar-refractivity contribution in [1.82, 2.24) is 9.88 Å². The number of halogens is 1. The molecule has 3 aromatic rings. The second-order valence-corrected chi connectivity index (χ2v) is 8.75. The summed E-state index contributed by atoms with van der Waals surface area (Å²) in [6.45, 7) is 1.98. The van der Waals surface area contributed by atoms with Crippen molar-refractivity contribution in [2.75, 3.05) is 26.6 Å². The van der Waals surface area contributed by atoms with E-state index in [0.29, 0.717) is 28.3 Å². The third kappa shape index (κ3) is 4.18. The van der Waals surface area contributed by atoms with Gasteiger partial charge in [-0.05, 0) is 69.9 Å². The summed E-state index contributed by atoms with van der Waals surface area (Å²) in [6, 6.07) is 12.2. The molecule has 1 aliphatic heterocycles. The van der Waals surface area contributed by atoms with Gasteiger partial charge in [-0.25, -0.2) is 0 Å². The van der Waals surface area contributed by atoms with Crippen molar-refractivity contribution in [2.45, 2.75) is 18.9 Å². The second-order valence-electron chi connectivity index (χ2n) is 7.89. The number of aryl methyl sites for hydroxylation is 1. The standard InChI is InChI=1S/C25H24BrN3O4/c1-14-7-8-19(18(26)10-14)28-24(30)22-16-11-20(32-3)21(33-4)12-17(16)25(31)29(2)23(22)15-6-5-9-27-13-15/h5-13,22-23H,1-4H3,(H,28,30)/t22-,23-/m1/s1. The van der Waals surface area contributed by atoms with E-state index in [1.54, 1.807) is 42.5 Å². The lowest BCUT2D eigenvalue weighted by atomic mass is 9.79. The van der Waals surface area contributed by atoms with Crippen molar-refractivity contribution in [3.63, 3.8) is 0 Å². The Morgan fingerprint density at radius 3 is 2.48 bits per heavy atom. The molecular weight excluding hydrogens is 486 g/mol. The zero-order valence-corrected chi connectivity index (χ0v) is 20.3. The molecular formula is C25H24BrN3O4. The summed E-state index contributed by atoms with van der Waals surface area (Å²) < 4.78 is 11.7. The first-order valence-electron chi connectivity index (χ1n) is 10.4. The predicted octanol–water partition coefficient (Wildman–Crippen LogP) is 4.72.